The predicted octanol–water partition coefficient (Wildman–Crippen LogP) is 5.16. The van der Waals surface area contributed by atoms with Crippen LogP contribution in [0.4, 0.5) is 18.9 Å². The van der Waals surface area contributed by atoms with E-state index in [1.165, 1.54) is 25.3 Å². The van der Waals surface area contributed by atoms with Gasteiger partial charge in [0.2, 0.25) is 0 Å². The van der Waals surface area contributed by atoms with Gasteiger partial charge < -0.3 is 19.2 Å². The van der Waals surface area contributed by atoms with E-state index in [-0.39, 0.29) is 11.3 Å². The highest BCUT2D eigenvalue weighted by Crippen LogP contribution is 2.32. The van der Waals surface area contributed by atoms with E-state index in [0.717, 1.165) is 11.7 Å². The summed E-state index contributed by atoms with van der Waals surface area (Å²) in [7, 11) is 1.43. The number of methoxy groups -OCH3 is 1. The summed E-state index contributed by atoms with van der Waals surface area (Å²) < 4.78 is 49.1. The zero-order chi connectivity index (χ0) is 22.0. The summed E-state index contributed by atoms with van der Waals surface area (Å²) >= 11 is 0. The van der Waals surface area contributed by atoms with Crippen molar-refractivity contribution in [2.24, 2.45) is 0 Å². The molecule has 0 atom stereocenters. The number of pyridine rings is 1. The van der Waals surface area contributed by atoms with Crippen LogP contribution in [-0.4, -0.2) is 28.8 Å². The number of ether oxygens (including phenoxy) is 2. The Morgan fingerprint density at radius 2 is 1.81 bits per heavy atom. The van der Waals surface area contributed by atoms with Gasteiger partial charge in [0.15, 0.2) is 0 Å². The third kappa shape index (κ3) is 4.45. The van der Waals surface area contributed by atoms with Crippen LogP contribution in [0.2, 0.25) is 0 Å². The van der Waals surface area contributed by atoms with Crippen molar-refractivity contribution in [1.29, 1.82) is 0 Å². The average Bonchev–Trinajstić information content (AvgIpc) is 3.17. The van der Waals surface area contributed by atoms with Gasteiger partial charge >= 0.3 is 6.36 Å². The fraction of sp³-hybridized carbons (Fsp3) is 0.0909. The van der Waals surface area contributed by atoms with E-state index >= 15 is 0 Å². The van der Waals surface area contributed by atoms with Gasteiger partial charge in [-0.05, 0) is 42.5 Å². The summed E-state index contributed by atoms with van der Waals surface area (Å²) in [6.07, 6.45) is -1.23. The molecule has 0 unspecified atom stereocenters. The maximum Gasteiger partial charge on any atom is 0.573 e. The topological polar surface area (TPSA) is 64.9 Å². The van der Waals surface area contributed by atoms with Crippen molar-refractivity contribution < 1.29 is 27.4 Å². The molecule has 0 spiro atoms. The first-order chi connectivity index (χ1) is 14.8. The Balaban J connectivity index is 1.67. The Morgan fingerprint density at radius 1 is 1.03 bits per heavy atom. The number of anilines is 1. The number of fused-ring (bicyclic) bond motifs is 1. The molecule has 0 aliphatic carbocycles. The number of nitrogens with zero attached hydrogens (tertiary/aromatic N) is 2. The number of alkyl halides is 3. The van der Waals surface area contributed by atoms with Crippen molar-refractivity contribution in [3.8, 4) is 22.8 Å². The van der Waals surface area contributed by atoms with E-state index in [4.69, 9.17) is 4.74 Å². The van der Waals surface area contributed by atoms with Crippen molar-refractivity contribution in [2.75, 3.05) is 12.4 Å². The number of benzene rings is 2. The van der Waals surface area contributed by atoms with Gasteiger partial charge in [-0.15, -0.1) is 13.2 Å². The van der Waals surface area contributed by atoms with Gasteiger partial charge in [0.05, 0.1) is 24.1 Å². The lowest BCUT2D eigenvalue weighted by molar-refractivity contribution is -0.274. The fourth-order valence-electron chi connectivity index (χ4n) is 3.10. The van der Waals surface area contributed by atoms with Crippen LogP contribution >= 0.6 is 0 Å². The monoisotopic (exact) mass is 427 g/mol. The van der Waals surface area contributed by atoms with Crippen LogP contribution in [0.25, 0.3) is 16.9 Å². The van der Waals surface area contributed by atoms with E-state index in [1.54, 1.807) is 18.2 Å². The molecular formula is C22H16F3N3O3. The van der Waals surface area contributed by atoms with E-state index in [2.05, 4.69) is 15.0 Å². The molecule has 0 aliphatic rings. The number of para-hydroxylation sites is 1. The van der Waals surface area contributed by atoms with Crippen molar-refractivity contribution in [1.82, 2.24) is 9.38 Å². The molecule has 2 aromatic carbocycles. The molecule has 1 N–H and O–H groups in total. The molecule has 9 heteroatoms. The minimum atomic E-state index is -4.92. The van der Waals surface area contributed by atoms with E-state index in [0.29, 0.717) is 17.0 Å². The van der Waals surface area contributed by atoms with Crippen LogP contribution < -0.4 is 14.8 Å². The second-order valence-electron chi connectivity index (χ2n) is 6.51. The Labute approximate surface area is 174 Å². The van der Waals surface area contributed by atoms with Crippen molar-refractivity contribution in [3.05, 3.63) is 78.6 Å². The summed E-state index contributed by atoms with van der Waals surface area (Å²) in [4.78, 5) is 17.3. The number of hydrogen-bond donors (Lipinski definition) is 1. The van der Waals surface area contributed by atoms with E-state index in [9.17, 15) is 18.0 Å². The SMILES string of the molecule is COc1ccc(-c2cn3ccccc3n2)cc1NC(=O)c1ccccc1OC(F)(F)F. The van der Waals surface area contributed by atoms with E-state index in [1.807, 2.05) is 35.0 Å². The van der Waals surface area contributed by atoms with Gasteiger partial charge in [0.1, 0.15) is 17.1 Å². The third-order valence-corrected chi connectivity index (χ3v) is 4.46. The zero-order valence-electron chi connectivity index (χ0n) is 16.2. The molecule has 0 fully saturated rings. The van der Waals surface area contributed by atoms with Gasteiger partial charge in [-0.3, -0.25) is 4.79 Å². The number of halogens is 3. The van der Waals surface area contributed by atoms with Crippen LogP contribution in [0, 0.1) is 0 Å². The largest absolute Gasteiger partial charge is 0.573 e. The second-order valence-corrected chi connectivity index (χ2v) is 6.51. The predicted molar refractivity (Wildman–Crippen MR) is 108 cm³/mol. The number of amides is 1. The second kappa shape index (κ2) is 8.02. The van der Waals surface area contributed by atoms with Gasteiger partial charge in [-0.2, -0.15) is 0 Å². The summed E-state index contributed by atoms with van der Waals surface area (Å²) in [5, 5.41) is 2.60. The summed E-state index contributed by atoms with van der Waals surface area (Å²) in [5.74, 6) is -1.02. The number of carbonyl (C=O) groups excluding carboxylic acids is 1. The maximum absolute atomic E-state index is 12.7. The third-order valence-electron chi connectivity index (χ3n) is 4.46. The zero-order valence-corrected chi connectivity index (χ0v) is 16.2. The van der Waals surface area contributed by atoms with Crippen LogP contribution in [0.5, 0.6) is 11.5 Å². The first kappa shape index (κ1) is 20.3. The quantitative estimate of drug-likeness (QED) is 0.478. The molecule has 4 rings (SSSR count). The van der Waals surface area contributed by atoms with Gasteiger partial charge in [0, 0.05) is 18.0 Å². The fourth-order valence-corrected chi connectivity index (χ4v) is 3.10. The normalized spacial score (nSPS) is 11.4. The van der Waals surface area contributed by atoms with Gasteiger partial charge in [0.25, 0.3) is 5.91 Å². The molecular weight excluding hydrogens is 411 g/mol. The number of rotatable bonds is 5. The number of nitrogens with one attached hydrogen (secondary N) is 1. The Kier molecular flexibility index (Phi) is 5.24. The molecule has 6 nitrogen and oxygen atoms in total. The number of imidazole rings is 1. The summed E-state index contributed by atoms with van der Waals surface area (Å²) in [5.41, 5.74) is 2.12. The highest BCUT2D eigenvalue weighted by molar-refractivity contribution is 6.07. The van der Waals surface area contributed by atoms with Crippen molar-refractivity contribution in [3.63, 3.8) is 0 Å². The molecule has 1 amide bonds. The van der Waals surface area contributed by atoms with Crippen molar-refractivity contribution >= 4 is 17.2 Å². The number of hydrogen-bond acceptors (Lipinski definition) is 4. The Morgan fingerprint density at radius 3 is 2.55 bits per heavy atom. The lowest BCUT2D eigenvalue weighted by atomic mass is 10.1. The maximum atomic E-state index is 12.7. The Bertz CT molecular complexity index is 1220. The Hall–Kier alpha value is -4.01. The number of aromatic nitrogens is 2. The molecule has 158 valence electrons. The molecule has 0 saturated heterocycles. The van der Waals surface area contributed by atoms with Crippen LogP contribution in [0.1, 0.15) is 10.4 Å². The molecule has 31 heavy (non-hydrogen) atoms. The highest BCUT2D eigenvalue weighted by atomic mass is 19.4. The van der Waals surface area contributed by atoms with Crippen LogP contribution in [0.3, 0.4) is 0 Å². The smallest absolute Gasteiger partial charge is 0.495 e. The van der Waals surface area contributed by atoms with E-state index < -0.39 is 18.0 Å². The summed E-state index contributed by atoms with van der Waals surface area (Å²) in [6, 6.07) is 15.8. The highest BCUT2D eigenvalue weighted by Gasteiger charge is 2.33. The average molecular weight is 427 g/mol. The molecule has 0 saturated carbocycles. The molecule has 0 aliphatic heterocycles. The van der Waals surface area contributed by atoms with Gasteiger partial charge in [-0.25, -0.2) is 4.98 Å². The van der Waals surface area contributed by atoms with Crippen LogP contribution in [0.15, 0.2) is 73.1 Å². The molecule has 2 aromatic heterocycles. The molecule has 2 heterocycles. The minimum absolute atomic E-state index is 0.264. The number of carbonyl (C=O) groups is 1. The lowest BCUT2D eigenvalue weighted by Crippen LogP contribution is -2.21. The summed E-state index contributed by atoms with van der Waals surface area (Å²) in [6.45, 7) is 0. The molecule has 4 aromatic rings. The first-order valence-electron chi connectivity index (χ1n) is 9.12. The molecule has 0 bridgehead atoms. The standard InChI is InChI=1S/C22H16F3N3O3/c1-30-19-10-9-14(17-13-28-11-5-4-8-20(28)26-17)12-16(19)27-21(29)15-6-2-3-7-18(15)31-22(23,24)25/h2-13H,1H3,(H,27,29). The minimum Gasteiger partial charge on any atom is -0.495 e. The van der Waals surface area contributed by atoms with Crippen LogP contribution in [-0.2, 0) is 0 Å². The first-order valence-corrected chi connectivity index (χ1v) is 9.12. The van der Waals surface area contributed by atoms with Crippen molar-refractivity contribution in [2.45, 2.75) is 6.36 Å². The molecule has 0 radical (unpaired) electrons. The van der Waals surface area contributed by atoms with Gasteiger partial charge in [-0.1, -0.05) is 18.2 Å². The lowest BCUT2D eigenvalue weighted by Gasteiger charge is -2.15.